The van der Waals surface area contributed by atoms with Gasteiger partial charge in [-0.25, -0.2) is 8.42 Å². The maximum absolute atomic E-state index is 13.3. The molecule has 2 heterocycles. The van der Waals surface area contributed by atoms with Crippen molar-refractivity contribution in [3.8, 4) is 0 Å². The molecule has 4 rings (SSSR count). The fraction of sp³-hybridized carbons (Fsp3) is 0.680. The molecular formula is C25H37N3O4S. The fourth-order valence-corrected chi connectivity index (χ4v) is 7.20. The van der Waals surface area contributed by atoms with Gasteiger partial charge in [0.05, 0.1) is 4.90 Å². The first-order valence-corrected chi connectivity index (χ1v) is 13.9. The van der Waals surface area contributed by atoms with E-state index in [-0.39, 0.29) is 34.7 Å². The third kappa shape index (κ3) is 5.27. The maximum atomic E-state index is 13.3. The molecule has 1 saturated carbocycles. The molecule has 1 saturated heterocycles. The normalized spacial score (nSPS) is 23.6. The number of carbonyl (C=O) groups excluding carboxylic acids is 2. The number of nitrogens with zero attached hydrogens (tertiary/aromatic N) is 2. The second-order valence-corrected chi connectivity index (χ2v) is 11.9. The topological polar surface area (TPSA) is 86.8 Å². The summed E-state index contributed by atoms with van der Waals surface area (Å²) >= 11 is 0. The highest BCUT2D eigenvalue weighted by Crippen LogP contribution is 2.35. The number of benzene rings is 1. The molecule has 0 spiro atoms. The molecule has 33 heavy (non-hydrogen) atoms. The lowest BCUT2D eigenvalue weighted by Gasteiger charge is -2.32. The van der Waals surface area contributed by atoms with Crippen molar-refractivity contribution >= 4 is 27.5 Å². The lowest BCUT2D eigenvalue weighted by molar-refractivity contribution is -0.127. The Balaban J connectivity index is 1.37. The highest BCUT2D eigenvalue weighted by Gasteiger charge is 2.35. The van der Waals surface area contributed by atoms with Crippen LogP contribution in [0.25, 0.3) is 0 Å². The minimum absolute atomic E-state index is 0.0301. The Hall–Kier alpha value is -1.93. The first kappa shape index (κ1) is 24.2. The Bertz CT molecular complexity index is 977. The van der Waals surface area contributed by atoms with E-state index in [1.165, 1.54) is 43.3 Å². The van der Waals surface area contributed by atoms with E-state index in [0.29, 0.717) is 32.4 Å². The van der Waals surface area contributed by atoms with E-state index in [0.717, 1.165) is 24.1 Å². The molecule has 0 bridgehead atoms. The molecule has 1 aliphatic carbocycles. The first-order valence-electron chi connectivity index (χ1n) is 12.5. The number of nitrogens with one attached hydrogen (secondary N) is 1. The molecule has 2 fully saturated rings. The fourth-order valence-electron chi connectivity index (χ4n) is 5.67. The molecule has 0 radical (unpaired) electrons. The molecule has 2 amide bonds. The number of fused-ring (bicyclic) bond motifs is 1. The van der Waals surface area contributed by atoms with Crippen LogP contribution in [0.5, 0.6) is 0 Å². The number of amides is 2. The quantitative estimate of drug-likeness (QED) is 0.721. The Labute approximate surface area is 198 Å². The number of rotatable bonds is 4. The summed E-state index contributed by atoms with van der Waals surface area (Å²) in [5, 5.41) is 3.25. The van der Waals surface area contributed by atoms with Gasteiger partial charge in [-0.05, 0) is 62.8 Å². The number of carbonyl (C=O) groups is 2. The van der Waals surface area contributed by atoms with Gasteiger partial charge in [0, 0.05) is 43.7 Å². The van der Waals surface area contributed by atoms with E-state index in [1.807, 2.05) is 6.92 Å². The maximum Gasteiger partial charge on any atom is 0.243 e. The average Bonchev–Trinajstić information content (AvgIpc) is 3.10. The van der Waals surface area contributed by atoms with E-state index >= 15 is 0 Å². The van der Waals surface area contributed by atoms with Crippen LogP contribution in [0.15, 0.2) is 23.1 Å². The summed E-state index contributed by atoms with van der Waals surface area (Å²) in [5.41, 5.74) is 1.70. The predicted molar refractivity (Wildman–Crippen MR) is 129 cm³/mol. The van der Waals surface area contributed by atoms with Gasteiger partial charge in [-0.2, -0.15) is 4.31 Å². The molecule has 1 N–H and O–H groups in total. The van der Waals surface area contributed by atoms with Crippen LogP contribution < -0.4 is 10.2 Å². The van der Waals surface area contributed by atoms with Gasteiger partial charge in [-0.15, -0.1) is 0 Å². The van der Waals surface area contributed by atoms with Crippen molar-refractivity contribution < 1.29 is 18.0 Å². The van der Waals surface area contributed by atoms with E-state index in [9.17, 15) is 18.0 Å². The van der Waals surface area contributed by atoms with Crippen LogP contribution in [0.2, 0.25) is 0 Å². The molecule has 0 aromatic heterocycles. The van der Waals surface area contributed by atoms with Gasteiger partial charge in [0.1, 0.15) is 0 Å². The second-order valence-electron chi connectivity index (χ2n) is 9.96. The zero-order chi connectivity index (χ0) is 23.6. The van der Waals surface area contributed by atoms with E-state index in [2.05, 4.69) is 5.32 Å². The molecule has 0 unspecified atom stereocenters. The number of hydrogen-bond acceptors (Lipinski definition) is 4. The Morgan fingerprint density at radius 3 is 2.24 bits per heavy atom. The van der Waals surface area contributed by atoms with E-state index in [1.54, 1.807) is 23.1 Å². The zero-order valence-electron chi connectivity index (χ0n) is 19.9. The van der Waals surface area contributed by atoms with Gasteiger partial charge in [-0.1, -0.05) is 32.1 Å². The molecule has 182 valence electrons. The predicted octanol–water partition coefficient (Wildman–Crippen LogP) is 3.61. The third-order valence-corrected chi connectivity index (χ3v) is 9.41. The zero-order valence-corrected chi connectivity index (χ0v) is 20.7. The standard InChI is InChI=1S/C25H37N3O4S/c1-18-16-21-17-23(10-11-24(21)28(18)19(2)29)33(31,32)27-14-12-20(13-15-27)25(30)26-22-8-6-4-3-5-7-9-22/h10-11,17-18,20,22H,3-9,12-16H2,1-2H3,(H,26,30)/t18-/m1/s1. The largest absolute Gasteiger partial charge is 0.353 e. The molecule has 1 aromatic carbocycles. The third-order valence-electron chi connectivity index (χ3n) is 7.52. The Morgan fingerprint density at radius 2 is 1.61 bits per heavy atom. The molecular weight excluding hydrogens is 438 g/mol. The van der Waals surface area contributed by atoms with Crippen LogP contribution in [-0.2, 0) is 26.0 Å². The number of sulfonamides is 1. The molecule has 1 aromatic rings. The highest BCUT2D eigenvalue weighted by molar-refractivity contribution is 7.89. The summed E-state index contributed by atoms with van der Waals surface area (Å²) in [4.78, 5) is 26.8. The Kier molecular flexibility index (Phi) is 7.43. The lowest BCUT2D eigenvalue weighted by atomic mass is 9.94. The molecule has 7 nitrogen and oxygen atoms in total. The summed E-state index contributed by atoms with van der Waals surface area (Å²) in [6.45, 7) is 4.23. The number of piperidine rings is 1. The average molecular weight is 476 g/mol. The highest BCUT2D eigenvalue weighted by atomic mass is 32.2. The van der Waals surface area contributed by atoms with Gasteiger partial charge in [0.2, 0.25) is 21.8 Å². The van der Waals surface area contributed by atoms with Crippen molar-refractivity contribution in [3.63, 3.8) is 0 Å². The minimum Gasteiger partial charge on any atom is -0.353 e. The molecule has 2 aliphatic heterocycles. The molecule has 8 heteroatoms. The summed E-state index contributed by atoms with van der Waals surface area (Å²) in [5.74, 6) is -0.0584. The van der Waals surface area contributed by atoms with Crippen molar-refractivity contribution in [1.29, 1.82) is 0 Å². The van der Waals surface area contributed by atoms with Crippen LogP contribution >= 0.6 is 0 Å². The van der Waals surface area contributed by atoms with Gasteiger partial charge >= 0.3 is 0 Å². The summed E-state index contributed by atoms with van der Waals surface area (Å²) in [6.07, 6.45) is 10.0. The van der Waals surface area contributed by atoms with Crippen LogP contribution in [0.4, 0.5) is 5.69 Å². The van der Waals surface area contributed by atoms with Gasteiger partial charge in [0.25, 0.3) is 0 Å². The first-order chi connectivity index (χ1) is 15.8. The van der Waals surface area contributed by atoms with Crippen molar-refractivity contribution in [3.05, 3.63) is 23.8 Å². The van der Waals surface area contributed by atoms with Crippen molar-refractivity contribution in [2.24, 2.45) is 5.92 Å². The van der Waals surface area contributed by atoms with Crippen LogP contribution in [0, 0.1) is 5.92 Å². The monoisotopic (exact) mass is 475 g/mol. The summed E-state index contributed by atoms with van der Waals surface area (Å²) in [7, 11) is -3.63. The van der Waals surface area contributed by atoms with Crippen LogP contribution in [0.3, 0.4) is 0 Å². The van der Waals surface area contributed by atoms with E-state index < -0.39 is 10.0 Å². The minimum atomic E-state index is -3.63. The number of anilines is 1. The number of hydrogen-bond donors (Lipinski definition) is 1. The summed E-state index contributed by atoms with van der Waals surface area (Å²) in [6, 6.07) is 5.38. The van der Waals surface area contributed by atoms with Gasteiger partial charge < -0.3 is 10.2 Å². The van der Waals surface area contributed by atoms with Crippen molar-refractivity contribution in [2.45, 2.75) is 95.0 Å². The molecule has 3 aliphatic rings. The summed E-state index contributed by atoms with van der Waals surface area (Å²) < 4.78 is 28.1. The molecule has 1 atom stereocenters. The Morgan fingerprint density at radius 1 is 0.970 bits per heavy atom. The van der Waals surface area contributed by atoms with Gasteiger partial charge in [-0.3, -0.25) is 9.59 Å². The second kappa shape index (κ2) is 10.1. The van der Waals surface area contributed by atoms with Crippen molar-refractivity contribution in [2.75, 3.05) is 18.0 Å². The van der Waals surface area contributed by atoms with Gasteiger partial charge in [0.15, 0.2) is 0 Å². The smallest absolute Gasteiger partial charge is 0.243 e. The van der Waals surface area contributed by atoms with E-state index in [4.69, 9.17) is 0 Å². The SMILES string of the molecule is CC(=O)N1c2ccc(S(=O)(=O)N3CCC(C(=O)NC4CCCCCCC4)CC3)cc2C[C@H]1C. The lowest BCUT2D eigenvalue weighted by Crippen LogP contribution is -2.45. The van der Waals surface area contributed by atoms with Crippen molar-refractivity contribution in [1.82, 2.24) is 9.62 Å². The van der Waals surface area contributed by atoms with Crippen LogP contribution in [-0.4, -0.2) is 49.7 Å². The van der Waals surface area contributed by atoms with Crippen LogP contribution in [0.1, 0.15) is 77.2 Å².